The highest BCUT2D eigenvalue weighted by molar-refractivity contribution is 7.47. The summed E-state index contributed by atoms with van der Waals surface area (Å²) >= 11 is 0. The van der Waals surface area contributed by atoms with Crippen molar-refractivity contribution in [1.29, 1.82) is 0 Å². The monoisotopic (exact) mass is 842 g/mol. The zero-order chi connectivity index (χ0) is 43.2. The van der Waals surface area contributed by atoms with Crippen LogP contribution in [0.3, 0.4) is 0 Å². The summed E-state index contributed by atoms with van der Waals surface area (Å²) in [6, 6.07) is 0. The molecular weight excluding hydrogens is 762 g/mol. The highest BCUT2D eigenvalue weighted by Gasteiger charge is 2.25. The van der Waals surface area contributed by atoms with E-state index in [1.807, 2.05) is 0 Å². The van der Waals surface area contributed by atoms with Gasteiger partial charge >= 0.3 is 19.8 Å². The molecule has 0 saturated heterocycles. The molecule has 0 aliphatic carbocycles. The predicted octanol–water partition coefficient (Wildman–Crippen LogP) is 13.2. The van der Waals surface area contributed by atoms with E-state index in [2.05, 4.69) is 123 Å². The van der Waals surface area contributed by atoms with Crippen LogP contribution in [-0.2, 0) is 32.7 Å². The van der Waals surface area contributed by atoms with Crippen molar-refractivity contribution in [2.24, 2.45) is 5.73 Å². The maximum absolute atomic E-state index is 12.6. The number of hydrogen-bond donors (Lipinski definition) is 2. The molecule has 0 spiro atoms. The third kappa shape index (κ3) is 44.1. The summed E-state index contributed by atoms with van der Waals surface area (Å²) in [7, 11) is -4.40. The number of carbonyl (C=O) groups excluding carboxylic acids is 2. The van der Waals surface area contributed by atoms with Crippen molar-refractivity contribution in [3.05, 3.63) is 109 Å². The van der Waals surface area contributed by atoms with Crippen LogP contribution in [-0.4, -0.2) is 49.3 Å². The Morgan fingerprint density at radius 1 is 0.525 bits per heavy atom. The van der Waals surface area contributed by atoms with Gasteiger partial charge in [-0.2, -0.15) is 0 Å². The lowest BCUT2D eigenvalue weighted by atomic mass is 10.1. The quantitative estimate of drug-likeness (QED) is 0.0267. The molecule has 0 heterocycles. The molecule has 3 N–H and O–H groups in total. The largest absolute Gasteiger partial charge is 0.472 e. The fourth-order valence-corrected chi connectivity index (χ4v) is 6.11. The van der Waals surface area contributed by atoms with Gasteiger partial charge in [-0.3, -0.25) is 18.6 Å². The first kappa shape index (κ1) is 55.7. The number of phosphoric ester groups is 1. The molecule has 1 unspecified atom stereocenters. The lowest BCUT2D eigenvalue weighted by Gasteiger charge is -2.19. The third-order valence-electron chi connectivity index (χ3n) is 8.64. The van der Waals surface area contributed by atoms with Gasteiger partial charge in [0.25, 0.3) is 0 Å². The number of unbranched alkanes of at least 4 members (excludes halogenated alkanes) is 9. The summed E-state index contributed by atoms with van der Waals surface area (Å²) < 4.78 is 32.7. The van der Waals surface area contributed by atoms with Crippen molar-refractivity contribution in [3.8, 4) is 0 Å². The lowest BCUT2D eigenvalue weighted by molar-refractivity contribution is -0.161. The molecule has 0 amide bonds. The average molecular weight is 842 g/mol. The minimum absolute atomic E-state index is 0.0364. The van der Waals surface area contributed by atoms with E-state index in [-0.39, 0.29) is 32.6 Å². The maximum Gasteiger partial charge on any atom is 0.472 e. The second kappa shape index (κ2) is 44.2. The number of esters is 2. The van der Waals surface area contributed by atoms with Crippen LogP contribution in [0, 0.1) is 0 Å². The minimum atomic E-state index is -4.40. The smallest absolute Gasteiger partial charge is 0.462 e. The van der Waals surface area contributed by atoms with Gasteiger partial charge in [-0.15, -0.1) is 0 Å². The van der Waals surface area contributed by atoms with Gasteiger partial charge in [0.2, 0.25) is 0 Å². The molecule has 334 valence electrons. The molecule has 0 aromatic heterocycles. The maximum atomic E-state index is 12.6. The van der Waals surface area contributed by atoms with Gasteiger partial charge in [-0.1, -0.05) is 149 Å². The molecule has 0 aromatic rings. The van der Waals surface area contributed by atoms with E-state index in [9.17, 15) is 19.0 Å². The molecule has 2 atom stereocenters. The summed E-state index contributed by atoms with van der Waals surface area (Å²) in [5.41, 5.74) is 5.35. The number of carbonyl (C=O) groups is 2. The van der Waals surface area contributed by atoms with Gasteiger partial charge in [0.1, 0.15) is 6.61 Å². The van der Waals surface area contributed by atoms with Crippen molar-refractivity contribution in [3.63, 3.8) is 0 Å². The molecule has 0 rings (SSSR count). The molecule has 9 nitrogen and oxygen atoms in total. The zero-order valence-corrected chi connectivity index (χ0v) is 37.6. The Morgan fingerprint density at radius 3 is 1.36 bits per heavy atom. The van der Waals surface area contributed by atoms with Crippen LogP contribution >= 0.6 is 7.82 Å². The first-order valence-electron chi connectivity index (χ1n) is 22.4. The Labute approximate surface area is 359 Å². The summed E-state index contributed by atoms with van der Waals surface area (Å²) in [4.78, 5) is 34.9. The Kier molecular flexibility index (Phi) is 41.7. The van der Waals surface area contributed by atoms with Crippen molar-refractivity contribution < 1.29 is 37.6 Å². The van der Waals surface area contributed by atoms with Gasteiger partial charge in [0.15, 0.2) is 6.10 Å². The fourth-order valence-electron chi connectivity index (χ4n) is 5.35. The molecule has 0 aromatic carbocycles. The molecule has 10 heteroatoms. The third-order valence-corrected chi connectivity index (χ3v) is 9.63. The van der Waals surface area contributed by atoms with E-state index in [4.69, 9.17) is 24.3 Å². The van der Waals surface area contributed by atoms with Crippen molar-refractivity contribution in [2.45, 2.75) is 161 Å². The van der Waals surface area contributed by atoms with Crippen LogP contribution < -0.4 is 5.73 Å². The fraction of sp³-hybridized carbons (Fsp3) is 0.592. The molecule has 0 fully saturated rings. The lowest BCUT2D eigenvalue weighted by Crippen LogP contribution is -2.29. The Morgan fingerprint density at radius 2 is 0.932 bits per heavy atom. The van der Waals surface area contributed by atoms with Gasteiger partial charge < -0.3 is 20.1 Å². The number of phosphoric acid groups is 1. The van der Waals surface area contributed by atoms with Gasteiger partial charge in [0, 0.05) is 19.4 Å². The number of ether oxygens (including phenoxy) is 2. The van der Waals surface area contributed by atoms with E-state index in [0.717, 1.165) is 89.9 Å². The van der Waals surface area contributed by atoms with Crippen LogP contribution in [0.1, 0.15) is 155 Å². The highest BCUT2D eigenvalue weighted by atomic mass is 31.2. The van der Waals surface area contributed by atoms with Crippen molar-refractivity contribution in [2.75, 3.05) is 26.4 Å². The SMILES string of the molecule is CC/C=C\C/C=C\C/C=C\C/C=C\C/C=C\CCCCCC(=O)OC[C@H](COP(=O)(O)OCCN)OC(=O)CCCCC/C=C\C/C=C\C/C=C\C/C=C\CCCCC. The average Bonchev–Trinajstić information content (AvgIpc) is 3.22. The molecular formula is C49H80NO8P. The number of nitrogens with two attached hydrogens (primary N) is 1. The Bertz CT molecular complexity index is 1330. The summed E-state index contributed by atoms with van der Waals surface area (Å²) in [6.45, 7) is 3.49. The number of allylic oxidation sites excluding steroid dienone is 18. The highest BCUT2D eigenvalue weighted by Crippen LogP contribution is 2.43. The van der Waals surface area contributed by atoms with E-state index >= 15 is 0 Å². The molecule has 59 heavy (non-hydrogen) atoms. The van der Waals surface area contributed by atoms with Gasteiger partial charge in [-0.05, 0) is 103 Å². The Hall–Kier alpha value is -3.33. The first-order valence-corrected chi connectivity index (χ1v) is 23.9. The summed E-state index contributed by atoms with van der Waals surface area (Å²) in [5.74, 6) is -0.914. The zero-order valence-electron chi connectivity index (χ0n) is 36.7. The Balaban J connectivity index is 4.30. The molecule has 0 bridgehead atoms. The molecule has 0 aliphatic heterocycles. The van der Waals surface area contributed by atoms with Crippen LogP contribution in [0.25, 0.3) is 0 Å². The van der Waals surface area contributed by atoms with Crippen LogP contribution in [0.2, 0.25) is 0 Å². The number of hydrogen-bond acceptors (Lipinski definition) is 8. The predicted molar refractivity (Wildman–Crippen MR) is 247 cm³/mol. The van der Waals surface area contributed by atoms with E-state index in [0.29, 0.717) is 12.8 Å². The standard InChI is InChI=1S/C49H80NO8P/c1-3-5-7-9-11-13-15-17-19-21-23-25-27-29-31-33-35-37-39-41-48(51)55-45-47(46-57-59(53,54)56-44-43-50)58-49(52)42-40-38-36-34-32-30-28-26-24-22-20-18-16-14-12-10-8-6-4-2/h5,7,11-14,17-20,23-26,29-32,47H,3-4,6,8-10,15-16,21-22,27-28,33-46,50H2,1-2H3,(H,53,54)/b7-5-,13-11-,14-12-,19-17-,20-18-,25-23-,26-24-,31-29-,32-30-/t47-/m1/s1. The van der Waals surface area contributed by atoms with Gasteiger partial charge in [-0.25, -0.2) is 4.57 Å². The summed E-state index contributed by atoms with van der Waals surface area (Å²) in [5, 5.41) is 0. The second-order valence-corrected chi connectivity index (χ2v) is 15.6. The normalized spacial score (nSPS) is 14.3. The van der Waals surface area contributed by atoms with Crippen LogP contribution in [0.5, 0.6) is 0 Å². The number of rotatable bonds is 40. The van der Waals surface area contributed by atoms with Crippen LogP contribution in [0.15, 0.2) is 109 Å². The van der Waals surface area contributed by atoms with Gasteiger partial charge in [0.05, 0.1) is 13.2 Å². The molecule has 0 radical (unpaired) electrons. The summed E-state index contributed by atoms with van der Waals surface area (Å²) in [6.07, 6.45) is 58.3. The van der Waals surface area contributed by atoms with E-state index in [1.54, 1.807) is 0 Å². The van der Waals surface area contributed by atoms with E-state index in [1.165, 1.54) is 25.7 Å². The molecule has 0 aliphatic rings. The second-order valence-electron chi connectivity index (χ2n) is 14.2. The van der Waals surface area contributed by atoms with Crippen molar-refractivity contribution in [1.82, 2.24) is 0 Å². The van der Waals surface area contributed by atoms with Crippen LogP contribution in [0.4, 0.5) is 0 Å². The van der Waals surface area contributed by atoms with Crippen molar-refractivity contribution >= 4 is 19.8 Å². The topological polar surface area (TPSA) is 134 Å². The molecule has 0 saturated carbocycles. The first-order chi connectivity index (χ1) is 28.8. The minimum Gasteiger partial charge on any atom is -0.462 e. The van der Waals surface area contributed by atoms with E-state index < -0.39 is 32.5 Å².